The molecule has 0 atom stereocenters. The fourth-order valence-electron chi connectivity index (χ4n) is 1.98. The summed E-state index contributed by atoms with van der Waals surface area (Å²) < 4.78 is 0. The molecule has 0 aliphatic carbocycles. The van der Waals surface area contributed by atoms with Crippen molar-refractivity contribution in [1.29, 1.82) is 5.26 Å². The van der Waals surface area contributed by atoms with Gasteiger partial charge >= 0.3 is 0 Å². The number of rotatable bonds is 3. The maximum atomic E-state index is 9.44. The van der Waals surface area contributed by atoms with Gasteiger partial charge in [0.25, 0.3) is 0 Å². The van der Waals surface area contributed by atoms with Crippen molar-refractivity contribution >= 4 is 0 Å². The van der Waals surface area contributed by atoms with Crippen LogP contribution in [0.5, 0.6) is 5.75 Å². The summed E-state index contributed by atoms with van der Waals surface area (Å²) in [6.07, 6.45) is 2.36. The number of hydrogen-bond acceptors (Lipinski definition) is 3. The van der Waals surface area contributed by atoms with Crippen LogP contribution in [0.4, 0.5) is 0 Å². The molecule has 0 bridgehead atoms. The Kier molecular flexibility index (Phi) is 3.82. The van der Waals surface area contributed by atoms with Gasteiger partial charge in [-0.2, -0.15) is 5.26 Å². The Labute approximate surface area is 113 Å². The van der Waals surface area contributed by atoms with Crippen molar-refractivity contribution in [2.45, 2.75) is 20.3 Å². The normalized spacial score (nSPS) is 10.4. The molecule has 1 aromatic heterocycles. The highest BCUT2D eigenvalue weighted by Gasteiger charge is 2.06. The predicted molar refractivity (Wildman–Crippen MR) is 74.6 cm³/mol. The Bertz CT molecular complexity index is 610. The fraction of sp³-hybridized carbons (Fsp3) is 0.250. The van der Waals surface area contributed by atoms with Crippen molar-refractivity contribution in [1.82, 2.24) is 4.98 Å². The Hall–Kier alpha value is -2.34. The average Bonchev–Trinajstić information content (AvgIpc) is 2.40. The first-order valence-electron chi connectivity index (χ1n) is 6.28. The number of nitrogens with zero attached hydrogens (tertiary/aromatic N) is 2. The van der Waals surface area contributed by atoms with Gasteiger partial charge in [-0.15, -0.1) is 0 Å². The van der Waals surface area contributed by atoms with Gasteiger partial charge in [0, 0.05) is 5.56 Å². The van der Waals surface area contributed by atoms with Gasteiger partial charge in [0.05, 0.1) is 17.5 Å². The summed E-state index contributed by atoms with van der Waals surface area (Å²) in [5, 5.41) is 18.3. The van der Waals surface area contributed by atoms with E-state index in [-0.39, 0.29) is 11.3 Å². The van der Waals surface area contributed by atoms with Crippen molar-refractivity contribution in [2.24, 2.45) is 5.92 Å². The first-order valence-corrected chi connectivity index (χ1v) is 6.28. The van der Waals surface area contributed by atoms with Crippen LogP contribution in [-0.4, -0.2) is 10.1 Å². The van der Waals surface area contributed by atoms with Crippen molar-refractivity contribution in [2.75, 3.05) is 0 Å². The Balaban J connectivity index is 2.30. The summed E-state index contributed by atoms with van der Waals surface area (Å²) in [6, 6.07) is 11.7. The third kappa shape index (κ3) is 3.11. The van der Waals surface area contributed by atoms with Gasteiger partial charge in [0.1, 0.15) is 6.07 Å². The minimum atomic E-state index is -0.0809. The van der Waals surface area contributed by atoms with E-state index >= 15 is 0 Å². The SMILES string of the molecule is CC(C)Cc1ccc(-c2cc(C#N)c(O)cn2)cc1. The first kappa shape index (κ1) is 13.1. The van der Waals surface area contributed by atoms with Crippen LogP contribution in [0, 0.1) is 17.2 Å². The molecule has 3 nitrogen and oxygen atoms in total. The van der Waals surface area contributed by atoms with Crippen molar-refractivity contribution < 1.29 is 5.11 Å². The van der Waals surface area contributed by atoms with E-state index < -0.39 is 0 Å². The lowest BCUT2D eigenvalue weighted by molar-refractivity contribution is 0.471. The van der Waals surface area contributed by atoms with E-state index in [2.05, 4.69) is 31.0 Å². The Morgan fingerprint density at radius 3 is 2.53 bits per heavy atom. The predicted octanol–water partition coefficient (Wildman–Crippen LogP) is 3.52. The van der Waals surface area contributed by atoms with Gasteiger partial charge in [-0.3, -0.25) is 4.98 Å². The molecule has 96 valence electrons. The topological polar surface area (TPSA) is 56.9 Å². The average molecular weight is 252 g/mol. The van der Waals surface area contributed by atoms with E-state index in [1.165, 1.54) is 11.8 Å². The van der Waals surface area contributed by atoms with Gasteiger partial charge in [-0.1, -0.05) is 38.1 Å². The van der Waals surface area contributed by atoms with Crippen LogP contribution in [-0.2, 0) is 6.42 Å². The summed E-state index contributed by atoms with van der Waals surface area (Å²) in [4.78, 5) is 4.15. The number of pyridine rings is 1. The highest BCUT2D eigenvalue weighted by molar-refractivity contribution is 5.62. The largest absolute Gasteiger partial charge is 0.505 e. The van der Waals surface area contributed by atoms with Gasteiger partial charge in [-0.25, -0.2) is 0 Å². The second-order valence-electron chi connectivity index (χ2n) is 4.99. The van der Waals surface area contributed by atoms with E-state index in [1.807, 2.05) is 18.2 Å². The van der Waals surface area contributed by atoms with Gasteiger partial charge in [-0.05, 0) is 24.0 Å². The van der Waals surface area contributed by atoms with Crippen molar-refractivity contribution in [3.63, 3.8) is 0 Å². The molecule has 1 N–H and O–H groups in total. The molecule has 0 amide bonds. The second kappa shape index (κ2) is 5.53. The molecule has 1 heterocycles. The first-order chi connectivity index (χ1) is 9.10. The van der Waals surface area contributed by atoms with Gasteiger partial charge in [0.15, 0.2) is 5.75 Å². The molecule has 0 fully saturated rings. The second-order valence-corrected chi connectivity index (χ2v) is 4.99. The maximum absolute atomic E-state index is 9.44. The van der Waals surface area contributed by atoms with Gasteiger partial charge < -0.3 is 5.11 Å². The lowest BCUT2D eigenvalue weighted by atomic mass is 10.0. The van der Waals surface area contributed by atoms with Crippen molar-refractivity contribution in [3.8, 4) is 23.1 Å². The molecule has 2 rings (SSSR count). The summed E-state index contributed by atoms with van der Waals surface area (Å²) in [5.41, 5.74) is 3.18. The molecular weight excluding hydrogens is 236 g/mol. The van der Waals surface area contributed by atoms with E-state index in [0.29, 0.717) is 11.6 Å². The summed E-state index contributed by atoms with van der Waals surface area (Å²) >= 11 is 0. The fourth-order valence-corrected chi connectivity index (χ4v) is 1.98. The third-order valence-corrected chi connectivity index (χ3v) is 2.90. The molecule has 0 saturated carbocycles. The molecule has 0 saturated heterocycles. The number of nitriles is 1. The van der Waals surface area contributed by atoms with E-state index in [9.17, 15) is 5.11 Å². The number of aromatic hydroxyl groups is 1. The molecule has 19 heavy (non-hydrogen) atoms. The van der Waals surface area contributed by atoms with Crippen LogP contribution in [0.3, 0.4) is 0 Å². The van der Waals surface area contributed by atoms with Crippen LogP contribution in [0.15, 0.2) is 36.5 Å². The number of hydrogen-bond donors (Lipinski definition) is 1. The van der Waals surface area contributed by atoms with E-state index in [1.54, 1.807) is 6.07 Å². The standard InChI is InChI=1S/C16H16N2O/c1-11(2)7-12-3-5-13(6-4-12)15-8-14(9-17)16(19)10-18-15/h3-6,8,10-11,19H,7H2,1-2H3. The lowest BCUT2D eigenvalue weighted by Gasteiger charge is -2.07. The van der Waals surface area contributed by atoms with E-state index in [0.717, 1.165) is 12.0 Å². The number of benzene rings is 1. The molecule has 0 radical (unpaired) electrons. The monoisotopic (exact) mass is 252 g/mol. The molecule has 2 aromatic rings. The minimum absolute atomic E-state index is 0.0809. The molecular formula is C16H16N2O. The zero-order chi connectivity index (χ0) is 13.8. The van der Waals surface area contributed by atoms with Crippen LogP contribution in [0.2, 0.25) is 0 Å². The quantitative estimate of drug-likeness (QED) is 0.909. The molecule has 3 heteroatoms. The van der Waals surface area contributed by atoms with Crippen LogP contribution in [0.25, 0.3) is 11.3 Å². The smallest absolute Gasteiger partial charge is 0.151 e. The zero-order valence-corrected chi connectivity index (χ0v) is 11.1. The third-order valence-electron chi connectivity index (χ3n) is 2.90. The van der Waals surface area contributed by atoms with Crippen molar-refractivity contribution in [3.05, 3.63) is 47.7 Å². The molecule has 0 aliphatic heterocycles. The lowest BCUT2D eigenvalue weighted by Crippen LogP contribution is -1.94. The number of aromatic nitrogens is 1. The van der Waals surface area contributed by atoms with Crippen LogP contribution >= 0.6 is 0 Å². The van der Waals surface area contributed by atoms with Gasteiger partial charge in [0.2, 0.25) is 0 Å². The Morgan fingerprint density at radius 2 is 1.95 bits per heavy atom. The van der Waals surface area contributed by atoms with Crippen LogP contribution < -0.4 is 0 Å². The molecule has 0 unspecified atom stereocenters. The summed E-state index contributed by atoms with van der Waals surface area (Å²) in [6.45, 7) is 4.38. The zero-order valence-electron chi connectivity index (χ0n) is 11.1. The molecule has 0 spiro atoms. The minimum Gasteiger partial charge on any atom is -0.505 e. The highest BCUT2D eigenvalue weighted by Crippen LogP contribution is 2.23. The Morgan fingerprint density at radius 1 is 1.26 bits per heavy atom. The molecule has 1 aromatic carbocycles. The van der Waals surface area contributed by atoms with Crippen LogP contribution in [0.1, 0.15) is 25.0 Å². The maximum Gasteiger partial charge on any atom is 0.151 e. The molecule has 0 aliphatic rings. The van der Waals surface area contributed by atoms with E-state index in [4.69, 9.17) is 5.26 Å². The highest BCUT2D eigenvalue weighted by atomic mass is 16.3. The summed E-state index contributed by atoms with van der Waals surface area (Å²) in [7, 11) is 0. The summed E-state index contributed by atoms with van der Waals surface area (Å²) in [5.74, 6) is 0.547.